The lowest BCUT2D eigenvalue weighted by Gasteiger charge is -2.17. The molecule has 3 aromatic heterocycles. The zero-order chi connectivity index (χ0) is 22.5. The normalized spacial score (nSPS) is 22.9. The van der Waals surface area contributed by atoms with Gasteiger partial charge in [0.05, 0.1) is 11.5 Å². The number of oxazole rings is 1. The Morgan fingerprint density at radius 2 is 1.85 bits per heavy atom. The van der Waals surface area contributed by atoms with E-state index >= 15 is 0 Å². The van der Waals surface area contributed by atoms with Crippen LogP contribution in [0.3, 0.4) is 0 Å². The predicted octanol–water partition coefficient (Wildman–Crippen LogP) is 3.62. The molecule has 0 unspecified atom stereocenters. The van der Waals surface area contributed by atoms with Gasteiger partial charge >= 0.3 is 0 Å². The highest BCUT2D eigenvalue weighted by molar-refractivity contribution is 6.02. The number of aliphatic hydroxyl groups excluding tert-OH is 2. The molecule has 4 atom stereocenters. The molecule has 9 nitrogen and oxygen atoms in total. The van der Waals surface area contributed by atoms with E-state index in [1.54, 1.807) is 11.5 Å². The van der Waals surface area contributed by atoms with Gasteiger partial charge < -0.3 is 29.3 Å². The maximum atomic E-state index is 10.6. The van der Waals surface area contributed by atoms with E-state index < -0.39 is 24.5 Å². The number of nitrogens with zero attached hydrogens (tertiary/aromatic N) is 4. The van der Waals surface area contributed by atoms with Crippen LogP contribution >= 0.6 is 0 Å². The number of aromatic nitrogens is 4. The first-order chi connectivity index (χ1) is 16.1. The summed E-state index contributed by atoms with van der Waals surface area (Å²) in [6, 6.07) is 15.5. The molecule has 5 aromatic rings. The molecule has 9 heteroatoms. The van der Waals surface area contributed by atoms with Crippen LogP contribution in [0, 0.1) is 0 Å². The van der Waals surface area contributed by atoms with Crippen molar-refractivity contribution in [2.24, 2.45) is 0 Å². The largest absolute Gasteiger partial charge is 0.443 e. The molecule has 1 aliphatic rings. The summed E-state index contributed by atoms with van der Waals surface area (Å²) in [5.41, 5.74) is 4.65. The second-order valence-electron chi connectivity index (χ2n) is 8.11. The molecule has 1 aliphatic heterocycles. The summed E-state index contributed by atoms with van der Waals surface area (Å²) < 4.78 is 13.0. The molecule has 6 rings (SSSR count). The Bertz CT molecular complexity index is 1450. The molecular formula is C24H21N5O4. The lowest BCUT2D eigenvalue weighted by atomic mass is 10.1. The Morgan fingerprint density at radius 1 is 1.00 bits per heavy atom. The van der Waals surface area contributed by atoms with Crippen LogP contribution in [0.25, 0.3) is 33.3 Å². The highest BCUT2D eigenvalue weighted by Crippen LogP contribution is 2.39. The Kier molecular flexibility index (Phi) is 4.61. The van der Waals surface area contributed by atoms with E-state index in [9.17, 15) is 10.2 Å². The zero-order valence-corrected chi connectivity index (χ0v) is 17.7. The van der Waals surface area contributed by atoms with Crippen molar-refractivity contribution in [1.29, 1.82) is 0 Å². The number of nitrogens with one attached hydrogen (secondary N) is 1. The molecule has 2 aromatic carbocycles. The molecule has 166 valence electrons. The van der Waals surface area contributed by atoms with Crippen molar-refractivity contribution < 1.29 is 19.4 Å². The van der Waals surface area contributed by atoms with Gasteiger partial charge in [0.2, 0.25) is 0 Å². The van der Waals surface area contributed by atoms with Gasteiger partial charge in [0.1, 0.15) is 35.5 Å². The predicted molar refractivity (Wildman–Crippen MR) is 122 cm³/mol. The van der Waals surface area contributed by atoms with Gasteiger partial charge in [0.25, 0.3) is 0 Å². The topological polar surface area (TPSA) is 118 Å². The number of hydrogen-bond donors (Lipinski definition) is 3. The quantitative estimate of drug-likeness (QED) is 0.385. The second-order valence-corrected chi connectivity index (χ2v) is 8.11. The molecule has 0 aliphatic carbocycles. The first-order valence-electron chi connectivity index (χ1n) is 10.6. The first kappa shape index (κ1) is 19.9. The van der Waals surface area contributed by atoms with E-state index in [4.69, 9.17) is 9.15 Å². The smallest absolute Gasteiger partial charge is 0.181 e. The van der Waals surface area contributed by atoms with Crippen molar-refractivity contribution in [3.8, 4) is 11.1 Å². The molecule has 1 fully saturated rings. The van der Waals surface area contributed by atoms with Crippen molar-refractivity contribution >= 4 is 33.6 Å². The molecule has 1 saturated heterocycles. The fourth-order valence-corrected chi connectivity index (χ4v) is 4.34. The van der Waals surface area contributed by atoms with Crippen LogP contribution in [-0.4, -0.2) is 48.0 Å². The summed E-state index contributed by atoms with van der Waals surface area (Å²) in [7, 11) is 0. The van der Waals surface area contributed by atoms with Crippen LogP contribution in [0.2, 0.25) is 0 Å². The lowest BCUT2D eigenvalue weighted by Crippen LogP contribution is -2.30. The molecule has 4 heterocycles. The summed E-state index contributed by atoms with van der Waals surface area (Å²) in [6.45, 7) is 1.74. The Balaban J connectivity index is 1.52. The Hall–Kier alpha value is -3.79. The van der Waals surface area contributed by atoms with Crippen LogP contribution < -0.4 is 5.32 Å². The Morgan fingerprint density at radius 3 is 2.64 bits per heavy atom. The van der Waals surface area contributed by atoms with Gasteiger partial charge in [0.15, 0.2) is 18.2 Å². The van der Waals surface area contributed by atoms with Crippen molar-refractivity contribution in [3.05, 3.63) is 67.4 Å². The van der Waals surface area contributed by atoms with E-state index in [2.05, 4.69) is 20.3 Å². The van der Waals surface area contributed by atoms with Crippen LogP contribution in [0.4, 0.5) is 11.5 Å². The van der Waals surface area contributed by atoms with Gasteiger partial charge in [-0.15, -0.1) is 0 Å². The van der Waals surface area contributed by atoms with Crippen LogP contribution in [0.1, 0.15) is 13.2 Å². The van der Waals surface area contributed by atoms with E-state index in [1.807, 2.05) is 54.7 Å². The summed E-state index contributed by atoms with van der Waals surface area (Å²) in [5.74, 6) is 0.599. The van der Waals surface area contributed by atoms with Gasteiger partial charge in [-0.25, -0.2) is 15.0 Å². The number of aliphatic hydroxyl groups is 2. The van der Waals surface area contributed by atoms with Gasteiger partial charge in [0, 0.05) is 17.4 Å². The number of rotatable bonds is 4. The van der Waals surface area contributed by atoms with Crippen LogP contribution in [0.5, 0.6) is 0 Å². The Labute approximate surface area is 188 Å². The van der Waals surface area contributed by atoms with Crippen LogP contribution in [0.15, 0.2) is 71.9 Å². The number of benzene rings is 2. The SMILES string of the molecule is C[C@H]1O[C@@H](n2cc(-c3ccccc3)c3c(Nc4ccc5ocnc5c4)ncnc32)[C@H](O)[C@@H]1O. The summed E-state index contributed by atoms with van der Waals surface area (Å²) in [4.78, 5) is 13.2. The van der Waals surface area contributed by atoms with Crippen molar-refractivity contribution in [2.45, 2.75) is 31.5 Å². The van der Waals surface area contributed by atoms with Gasteiger partial charge in [-0.1, -0.05) is 30.3 Å². The van der Waals surface area contributed by atoms with E-state index in [0.717, 1.165) is 27.7 Å². The molecule has 0 amide bonds. The van der Waals surface area contributed by atoms with Crippen LogP contribution in [-0.2, 0) is 4.74 Å². The standard InChI is InChI=1S/C24H21N5O4/c1-13-20(30)21(31)24(33-13)29-10-16(14-5-3-2-4-6-14)19-22(25-11-26-23(19)29)28-15-7-8-18-17(9-15)27-12-32-18/h2-13,20-21,24,30-31H,1H3,(H,25,26,28)/t13-,20-,21-,24-/m1/s1. The molecular weight excluding hydrogens is 422 g/mol. The molecule has 0 spiro atoms. The number of fused-ring (bicyclic) bond motifs is 2. The number of anilines is 2. The average molecular weight is 443 g/mol. The minimum atomic E-state index is -1.08. The van der Waals surface area contributed by atoms with Gasteiger partial charge in [-0.3, -0.25) is 0 Å². The average Bonchev–Trinajstić information content (AvgIpc) is 3.53. The minimum Gasteiger partial charge on any atom is -0.443 e. The third kappa shape index (κ3) is 3.25. The van der Waals surface area contributed by atoms with Crippen molar-refractivity contribution in [2.75, 3.05) is 5.32 Å². The molecule has 0 saturated carbocycles. The van der Waals surface area contributed by atoms with Crippen molar-refractivity contribution in [1.82, 2.24) is 19.5 Å². The molecule has 0 bridgehead atoms. The number of ether oxygens (including phenoxy) is 1. The summed E-state index contributed by atoms with van der Waals surface area (Å²) in [6.07, 6.45) is 1.42. The molecule has 0 radical (unpaired) electrons. The fraction of sp³-hybridized carbons (Fsp3) is 0.208. The highest BCUT2D eigenvalue weighted by atomic mass is 16.6. The third-order valence-electron chi connectivity index (χ3n) is 6.04. The molecule has 33 heavy (non-hydrogen) atoms. The lowest BCUT2D eigenvalue weighted by molar-refractivity contribution is -0.0295. The highest BCUT2D eigenvalue weighted by Gasteiger charge is 2.42. The van der Waals surface area contributed by atoms with Crippen molar-refractivity contribution in [3.63, 3.8) is 0 Å². The molecule has 3 N–H and O–H groups in total. The minimum absolute atomic E-state index is 0.503. The second kappa shape index (κ2) is 7.66. The maximum absolute atomic E-state index is 10.6. The third-order valence-corrected chi connectivity index (χ3v) is 6.04. The zero-order valence-electron chi connectivity index (χ0n) is 17.7. The monoisotopic (exact) mass is 443 g/mol. The maximum Gasteiger partial charge on any atom is 0.181 e. The van der Waals surface area contributed by atoms with Gasteiger partial charge in [-0.2, -0.15) is 0 Å². The van der Waals surface area contributed by atoms with E-state index in [-0.39, 0.29) is 0 Å². The van der Waals surface area contributed by atoms with E-state index in [0.29, 0.717) is 17.0 Å². The summed E-state index contributed by atoms with van der Waals surface area (Å²) >= 11 is 0. The van der Waals surface area contributed by atoms with Gasteiger partial charge in [-0.05, 0) is 30.7 Å². The number of hydrogen-bond acceptors (Lipinski definition) is 8. The fourth-order valence-electron chi connectivity index (χ4n) is 4.34. The van der Waals surface area contributed by atoms with E-state index in [1.165, 1.54) is 12.7 Å². The summed E-state index contributed by atoms with van der Waals surface area (Å²) in [5, 5.41) is 25.0. The first-order valence-corrected chi connectivity index (χ1v) is 10.6.